The van der Waals surface area contributed by atoms with Crippen LogP contribution in [0.5, 0.6) is 0 Å². The molecule has 0 amide bonds. The maximum absolute atomic E-state index is 8.75. The molecule has 2 heteroatoms. The van der Waals surface area contributed by atoms with Gasteiger partial charge >= 0.3 is 0 Å². The van der Waals surface area contributed by atoms with Gasteiger partial charge in [0.05, 0.1) is 0 Å². The average molecular weight is 302 g/mol. The summed E-state index contributed by atoms with van der Waals surface area (Å²) in [4.78, 5) is 0. The smallest absolute Gasteiger partial charge is 0.130 e. The highest BCUT2D eigenvalue weighted by molar-refractivity contribution is 5.46. The predicted octanol–water partition coefficient (Wildman–Crippen LogP) is 5.65. The van der Waals surface area contributed by atoms with Gasteiger partial charge in [0.1, 0.15) is 17.7 Å². The molecule has 0 bridgehead atoms. The van der Waals surface area contributed by atoms with E-state index < -0.39 is 0 Å². The van der Waals surface area contributed by atoms with Gasteiger partial charge in [-0.1, -0.05) is 78.5 Å². The van der Waals surface area contributed by atoms with Gasteiger partial charge in [0.15, 0.2) is 0 Å². The van der Waals surface area contributed by atoms with E-state index in [1.807, 2.05) is 75.4 Å². The number of nitrogens with zero attached hydrogens (tertiary/aromatic N) is 2. The van der Waals surface area contributed by atoms with Gasteiger partial charge in [0, 0.05) is 0 Å². The van der Waals surface area contributed by atoms with Gasteiger partial charge in [-0.25, -0.2) is 0 Å². The molecule has 0 N–H and O–H groups in total. The van der Waals surface area contributed by atoms with E-state index in [1.54, 1.807) is 6.08 Å². The minimum absolute atomic E-state index is 0.0564. The van der Waals surface area contributed by atoms with Crippen LogP contribution in [0, 0.1) is 22.7 Å². The van der Waals surface area contributed by atoms with Crippen LogP contribution in [-0.4, -0.2) is 0 Å². The zero-order valence-electron chi connectivity index (χ0n) is 14.0. The molecule has 0 aromatic rings. The van der Waals surface area contributed by atoms with Gasteiger partial charge in [0.2, 0.25) is 0 Å². The lowest BCUT2D eigenvalue weighted by Crippen LogP contribution is -1.77. The lowest BCUT2D eigenvalue weighted by Gasteiger charge is -1.94. The molecule has 0 fully saturated rings. The van der Waals surface area contributed by atoms with Gasteiger partial charge in [-0.15, -0.1) is 0 Å². The van der Waals surface area contributed by atoms with Gasteiger partial charge in [-0.05, 0) is 32.4 Å². The third kappa shape index (κ3) is 9.45. The molecule has 0 unspecified atom stereocenters. The first-order valence-electron chi connectivity index (χ1n) is 7.15. The Labute approximate surface area is 139 Å². The van der Waals surface area contributed by atoms with Crippen LogP contribution in [0.1, 0.15) is 20.8 Å². The fourth-order valence-electron chi connectivity index (χ4n) is 1.36. The van der Waals surface area contributed by atoms with Gasteiger partial charge in [0.25, 0.3) is 0 Å². The first kappa shape index (κ1) is 19.9. The Kier molecular flexibility index (Phi) is 9.99. The monoisotopic (exact) mass is 302 g/mol. The number of allylic oxidation sites excluding steroid dienone is 14. The lowest BCUT2D eigenvalue weighted by atomic mass is 10.1. The quantitative estimate of drug-likeness (QED) is 0.450. The molecule has 116 valence electrons. The molecule has 0 rings (SSSR count). The molecule has 0 saturated carbocycles. The van der Waals surface area contributed by atoms with Crippen LogP contribution in [0.3, 0.4) is 0 Å². The van der Waals surface area contributed by atoms with Crippen LogP contribution in [0.4, 0.5) is 0 Å². The van der Waals surface area contributed by atoms with Gasteiger partial charge in [-0.3, -0.25) is 0 Å². The Balaban J connectivity index is 5.14. The highest BCUT2D eigenvalue weighted by atomic mass is 14.3. The third-order valence-electron chi connectivity index (χ3n) is 2.87. The van der Waals surface area contributed by atoms with Crippen molar-refractivity contribution in [3.8, 4) is 12.1 Å². The van der Waals surface area contributed by atoms with Crippen LogP contribution >= 0.6 is 0 Å². The zero-order chi connectivity index (χ0) is 17.7. The maximum Gasteiger partial charge on any atom is 0.130 e. The first-order chi connectivity index (χ1) is 11.0. The molecular formula is C21H22N2. The molecule has 0 radical (unpaired) electrons. The fraction of sp³-hybridized carbons (Fsp3) is 0.143. The van der Waals surface area contributed by atoms with E-state index in [0.717, 1.165) is 16.7 Å². The second-order valence-corrected chi connectivity index (χ2v) is 4.92. The molecule has 0 aromatic heterocycles. The number of nitriles is 2. The van der Waals surface area contributed by atoms with Gasteiger partial charge < -0.3 is 0 Å². The largest absolute Gasteiger partial charge is 0.192 e. The minimum atomic E-state index is 0.0564. The molecule has 0 heterocycles. The van der Waals surface area contributed by atoms with Gasteiger partial charge in [-0.2, -0.15) is 10.5 Å². The Morgan fingerprint density at radius 3 is 1.65 bits per heavy atom. The summed E-state index contributed by atoms with van der Waals surface area (Å²) < 4.78 is 0. The molecule has 0 aromatic carbocycles. The van der Waals surface area contributed by atoms with Crippen molar-refractivity contribution in [1.82, 2.24) is 0 Å². The van der Waals surface area contributed by atoms with Crippen molar-refractivity contribution in [2.24, 2.45) is 0 Å². The second kappa shape index (κ2) is 11.5. The molecule has 0 atom stereocenters. The molecule has 23 heavy (non-hydrogen) atoms. The van der Waals surface area contributed by atoms with E-state index >= 15 is 0 Å². The second-order valence-electron chi connectivity index (χ2n) is 4.92. The first-order valence-corrected chi connectivity index (χ1v) is 7.15. The summed E-state index contributed by atoms with van der Waals surface area (Å²) in [6, 6.07) is 3.66. The van der Waals surface area contributed by atoms with Crippen LogP contribution in [0.25, 0.3) is 0 Å². The summed E-state index contributed by atoms with van der Waals surface area (Å²) in [6.07, 6.45) is 16.7. The zero-order valence-corrected chi connectivity index (χ0v) is 14.0. The molecule has 0 saturated heterocycles. The summed E-state index contributed by atoms with van der Waals surface area (Å²) in [7, 11) is 0. The van der Waals surface area contributed by atoms with Crippen molar-refractivity contribution in [2.45, 2.75) is 20.8 Å². The highest BCUT2D eigenvalue weighted by Gasteiger charge is 1.92. The third-order valence-corrected chi connectivity index (χ3v) is 2.87. The van der Waals surface area contributed by atoms with E-state index in [1.165, 1.54) is 6.08 Å². The molecule has 2 nitrogen and oxygen atoms in total. The summed E-state index contributed by atoms with van der Waals surface area (Å²) in [5, 5.41) is 17.5. The van der Waals surface area contributed by atoms with Crippen molar-refractivity contribution in [1.29, 1.82) is 10.5 Å². The normalized spacial score (nSPS) is 13.3. The Morgan fingerprint density at radius 1 is 0.739 bits per heavy atom. The highest BCUT2D eigenvalue weighted by Crippen LogP contribution is 2.07. The SMILES string of the molecule is C=C\C(C)=C/C=C(C)/C=C/C(C)=C/C=C(\C=C)C=C(C#N)C#N. The van der Waals surface area contributed by atoms with Crippen molar-refractivity contribution in [3.63, 3.8) is 0 Å². The van der Waals surface area contributed by atoms with Crippen molar-refractivity contribution >= 4 is 0 Å². The average Bonchev–Trinajstić information content (AvgIpc) is 2.57. The van der Waals surface area contributed by atoms with Crippen molar-refractivity contribution in [2.75, 3.05) is 0 Å². The summed E-state index contributed by atoms with van der Waals surface area (Å²) in [5.74, 6) is 0. The standard InChI is InChI=1S/C21H22N2/c1-6-17(3)8-9-18(4)10-11-19(5)12-13-20(7-2)14-21(15-22)16-23/h6-14H,1-2H2,3-5H3/b11-10+,17-8-,18-9+,19-12+,20-13+. The summed E-state index contributed by atoms with van der Waals surface area (Å²) >= 11 is 0. The van der Waals surface area contributed by atoms with Crippen LogP contribution in [0.15, 0.2) is 95.7 Å². The predicted molar refractivity (Wildman–Crippen MR) is 98.2 cm³/mol. The van der Waals surface area contributed by atoms with E-state index in [-0.39, 0.29) is 5.57 Å². The number of rotatable bonds is 7. The molecule has 0 aliphatic carbocycles. The maximum atomic E-state index is 8.75. The van der Waals surface area contributed by atoms with Crippen molar-refractivity contribution in [3.05, 3.63) is 95.7 Å². The molecule has 0 aliphatic rings. The topological polar surface area (TPSA) is 47.6 Å². The number of hydrogen-bond donors (Lipinski definition) is 0. The molecular weight excluding hydrogens is 280 g/mol. The van der Waals surface area contributed by atoms with Crippen LogP contribution in [0.2, 0.25) is 0 Å². The van der Waals surface area contributed by atoms with Crippen molar-refractivity contribution < 1.29 is 0 Å². The van der Waals surface area contributed by atoms with E-state index in [0.29, 0.717) is 5.57 Å². The molecule has 0 aliphatic heterocycles. The van der Waals surface area contributed by atoms with E-state index in [2.05, 4.69) is 13.2 Å². The van der Waals surface area contributed by atoms with E-state index in [9.17, 15) is 0 Å². The summed E-state index contributed by atoms with van der Waals surface area (Å²) in [5.41, 5.74) is 4.06. The number of hydrogen-bond acceptors (Lipinski definition) is 2. The fourth-order valence-corrected chi connectivity index (χ4v) is 1.36. The Hall–Kier alpha value is -3.10. The minimum Gasteiger partial charge on any atom is -0.192 e. The van der Waals surface area contributed by atoms with E-state index in [4.69, 9.17) is 10.5 Å². The van der Waals surface area contributed by atoms with Crippen LogP contribution in [-0.2, 0) is 0 Å². The Morgan fingerprint density at radius 2 is 1.22 bits per heavy atom. The summed E-state index contributed by atoms with van der Waals surface area (Å²) in [6.45, 7) is 13.4. The lowest BCUT2D eigenvalue weighted by molar-refractivity contribution is 1.44. The molecule has 0 spiro atoms. The Bertz CT molecular complexity index is 690. The van der Waals surface area contributed by atoms with Crippen LogP contribution < -0.4 is 0 Å².